The number of aliphatic carboxylic acids is 1. The first kappa shape index (κ1) is 16.7. The van der Waals surface area contributed by atoms with E-state index in [1.807, 2.05) is 18.2 Å². The van der Waals surface area contributed by atoms with Crippen molar-refractivity contribution in [1.29, 1.82) is 0 Å². The molecule has 130 valence electrons. The smallest absolute Gasteiger partial charge is 0.320 e. The highest BCUT2D eigenvalue weighted by Gasteiger charge is 2.37. The molecule has 0 aliphatic carbocycles. The van der Waals surface area contributed by atoms with Gasteiger partial charge in [0.25, 0.3) is 0 Å². The lowest BCUT2D eigenvalue weighted by Gasteiger charge is -2.38. The van der Waals surface area contributed by atoms with E-state index in [1.54, 1.807) is 22.7 Å². The van der Waals surface area contributed by atoms with Crippen LogP contribution in [0.1, 0.15) is 40.8 Å². The van der Waals surface area contributed by atoms with Crippen LogP contribution < -0.4 is 0 Å². The standard InChI is InChI=1S/C19H20N2O2S2/c1-12-9-11-24-17(12)16(21-10-5-4-7-14(21)19(22)23)18-20-13-6-2-3-8-15(13)25-18/h2-3,6,8-9,11,14,16H,4-5,7,10H2,1H3,(H,22,23). The number of thiazole rings is 1. The predicted molar refractivity (Wildman–Crippen MR) is 102 cm³/mol. The summed E-state index contributed by atoms with van der Waals surface area (Å²) in [7, 11) is 0. The van der Waals surface area contributed by atoms with Crippen LogP contribution in [0.4, 0.5) is 0 Å². The largest absolute Gasteiger partial charge is 0.480 e. The van der Waals surface area contributed by atoms with E-state index in [0.717, 1.165) is 34.6 Å². The Bertz CT molecular complexity index is 869. The van der Waals surface area contributed by atoms with E-state index < -0.39 is 12.0 Å². The second-order valence-corrected chi connectivity index (χ2v) is 8.49. The van der Waals surface area contributed by atoms with Crippen molar-refractivity contribution in [3.63, 3.8) is 0 Å². The third-order valence-electron chi connectivity index (χ3n) is 4.86. The molecule has 1 aromatic carbocycles. The second-order valence-electron chi connectivity index (χ2n) is 6.48. The van der Waals surface area contributed by atoms with Gasteiger partial charge in [-0.3, -0.25) is 9.69 Å². The molecule has 2 aromatic heterocycles. The highest BCUT2D eigenvalue weighted by molar-refractivity contribution is 7.18. The number of hydrogen-bond donors (Lipinski definition) is 1. The van der Waals surface area contributed by atoms with E-state index in [-0.39, 0.29) is 6.04 Å². The molecule has 0 bridgehead atoms. The fraction of sp³-hybridized carbons (Fsp3) is 0.368. The Morgan fingerprint density at radius 3 is 2.88 bits per heavy atom. The van der Waals surface area contributed by atoms with Crippen LogP contribution in [0.5, 0.6) is 0 Å². The topological polar surface area (TPSA) is 53.4 Å². The molecule has 0 amide bonds. The summed E-state index contributed by atoms with van der Waals surface area (Å²) in [6, 6.07) is 9.73. The molecule has 3 aromatic rings. The molecule has 25 heavy (non-hydrogen) atoms. The van der Waals surface area contributed by atoms with Crippen molar-refractivity contribution < 1.29 is 9.90 Å². The zero-order valence-electron chi connectivity index (χ0n) is 14.0. The van der Waals surface area contributed by atoms with E-state index in [0.29, 0.717) is 6.42 Å². The Morgan fingerprint density at radius 2 is 2.16 bits per heavy atom. The number of likely N-dealkylation sites (tertiary alicyclic amines) is 1. The summed E-state index contributed by atoms with van der Waals surface area (Å²) in [6.07, 6.45) is 2.72. The minimum Gasteiger partial charge on any atom is -0.480 e. The van der Waals surface area contributed by atoms with E-state index in [4.69, 9.17) is 4.98 Å². The van der Waals surface area contributed by atoms with Crippen LogP contribution >= 0.6 is 22.7 Å². The third kappa shape index (κ3) is 3.10. The van der Waals surface area contributed by atoms with Gasteiger partial charge in [0.2, 0.25) is 0 Å². The molecule has 0 radical (unpaired) electrons. The molecule has 2 atom stereocenters. The molecule has 1 aliphatic heterocycles. The van der Waals surface area contributed by atoms with Gasteiger partial charge in [-0.15, -0.1) is 22.7 Å². The fourth-order valence-electron chi connectivity index (χ4n) is 3.60. The highest BCUT2D eigenvalue weighted by Crippen LogP contribution is 2.40. The first-order chi connectivity index (χ1) is 12.1. The van der Waals surface area contributed by atoms with E-state index in [2.05, 4.69) is 29.3 Å². The molecule has 1 fully saturated rings. The zero-order chi connectivity index (χ0) is 17.4. The monoisotopic (exact) mass is 372 g/mol. The Hall–Kier alpha value is -1.76. The number of fused-ring (bicyclic) bond motifs is 1. The number of carbonyl (C=O) groups is 1. The number of benzene rings is 1. The summed E-state index contributed by atoms with van der Waals surface area (Å²) in [5.41, 5.74) is 2.20. The number of rotatable bonds is 4. The van der Waals surface area contributed by atoms with Crippen LogP contribution in [-0.2, 0) is 4.79 Å². The molecule has 1 saturated heterocycles. The van der Waals surface area contributed by atoms with Crippen LogP contribution in [0.15, 0.2) is 35.7 Å². The average Bonchev–Trinajstić information content (AvgIpc) is 3.22. The molecule has 1 aliphatic rings. The lowest BCUT2D eigenvalue weighted by atomic mass is 9.98. The number of carboxylic acids is 1. The lowest BCUT2D eigenvalue weighted by Crippen LogP contribution is -2.46. The minimum atomic E-state index is -0.722. The SMILES string of the molecule is Cc1ccsc1C(c1nc2ccccc2s1)N1CCCCC1C(=O)O. The van der Waals surface area contributed by atoms with Gasteiger partial charge < -0.3 is 5.11 Å². The van der Waals surface area contributed by atoms with Crippen LogP contribution in [0.25, 0.3) is 10.2 Å². The fourth-order valence-corrected chi connectivity index (χ4v) is 5.83. The number of nitrogens with zero attached hydrogens (tertiary/aromatic N) is 2. The van der Waals surface area contributed by atoms with Gasteiger partial charge >= 0.3 is 5.97 Å². The van der Waals surface area contributed by atoms with Crippen molar-refractivity contribution in [2.75, 3.05) is 6.54 Å². The van der Waals surface area contributed by atoms with Gasteiger partial charge in [-0.1, -0.05) is 18.6 Å². The number of thiophene rings is 1. The number of hydrogen-bond acceptors (Lipinski definition) is 5. The van der Waals surface area contributed by atoms with Crippen molar-refractivity contribution in [3.05, 3.63) is 51.2 Å². The molecule has 6 heteroatoms. The maximum absolute atomic E-state index is 11.9. The Morgan fingerprint density at radius 1 is 1.32 bits per heavy atom. The van der Waals surface area contributed by atoms with Crippen molar-refractivity contribution in [3.8, 4) is 0 Å². The van der Waals surface area contributed by atoms with E-state index >= 15 is 0 Å². The van der Waals surface area contributed by atoms with Crippen LogP contribution in [0, 0.1) is 6.92 Å². The first-order valence-corrected chi connectivity index (χ1v) is 10.2. The Kier molecular flexibility index (Phi) is 4.58. The van der Waals surface area contributed by atoms with Gasteiger partial charge in [0, 0.05) is 11.4 Å². The van der Waals surface area contributed by atoms with Gasteiger partial charge in [0.05, 0.1) is 16.3 Å². The average molecular weight is 373 g/mol. The number of piperidine rings is 1. The molecule has 3 heterocycles. The molecular weight excluding hydrogens is 352 g/mol. The number of aromatic nitrogens is 1. The van der Waals surface area contributed by atoms with Gasteiger partial charge in [0.15, 0.2) is 0 Å². The summed E-state index contributed by atoms with van der Waals surface area (Å²) >= 11 is 3.38. The zero-order valence-corrected chi connectivity index (χ0v) is 15.6. The van der Waals surface area contributed by atoms with Gasteiger partial charge in [0.1, 0.15) is 11.0 Å². The Labute approximate surface area is 154 Å². The van der Waals surface area contributed by atoms with E-state index in [1.165, 1.54) is 10.4 Å². The molecule has 0 saturated carbocycles. The third-order valence-corrected chi connectivity index (χ3v) is 7.02. The molecular formula is C19H20N2O2S2. The highest BCUT2D eigenvalue weighted by atomic mass is 32.1. The molecule has 4 nitrogen and oxygen atoms in total. The maximum Gasteiger partial charge on any atom is 0.320 e. The number of para-hydroxylation sites is 1. The summed E-state index contributed by atoms with van der Waals surface area (Å²) in [5.74, 6) is -0.722. The van der Waals surface area contributed by atoms with Gasteiger partial charge in [-0.05, 0) is 48.9 Å². The predicted octanol–water partition coefficient (Wildman–Crippen LogP) is 4.69. The number of aryl methyl sites for hydroxylation is 1. The number of carboxylic acid groups (broad SMARTS) is 1. The summed E-state index contributed by atoms with van der Waals surface area (Å²) in [5, 5.41) is 12.8. The second kappa shape index (κ2) is 6.86. The van der Waals surface area contributed by atoms with E-state index in [9.17, 15) is 9.90 Å². The van der Waals surface area contributed by atoms with Crippen molar-refractivity contribution >= 4 is 38.9 Å². The lowest BCUT2D eigenvalue weighted by molar-refractivity contribution is -0.145. The summed E-state index contributed by atoms with van der Waals surface area (Å²) in [4.78, 5) is 20.1. The van der Waals surface area contributed by atoms with Crippen molar-refractivity contribution in [2.24, 2.45) is 0 Å². The van der Waals surface area contributed by atoms with Crippen LogP contribution in [0.3, 0.4) is 0 Å². The first-order valence-electron chi connectivity index (χ1n) is 8.53. The summed E-state index contributed by atoms with van der Waals surface area (Å²) in [6.45, 7) is 2.90. The van der Waals surface area contributed by atoms with Crippen molar-refractivity contribution in [2.45, 2.75) is 38.3 Å². The van der Waals surface area contributed by atoms with Crippen LogP contribution in [0.2, 0.25) is 0 Å². The molecule has 0 spiro atoms. The minimum absolute atomic E-state index is 0.0706. The van der Waals surface area contributed by atoms with Gasteiger partial charge in [-0.25, -0.2) is 4.98 Å². The Balaban J connectivity index is 1.84. The quantitative estimate of drug-likeness (QED) is 0.721. The molecule has 2 unspecified atom stereocenters. The molecule has 1 N–H and O–H groups in total. The van der Waals surface area contributed by atoms with Gasteiger partial charge in [-0.2, -0.15) is 0 Å². The summed E-state index contributed by atoms with van der Waals surface area (Å²) < 4.78 is 1.15. The molecule has 4 rings (SSSR count). The van der Waals surface area contributed by atoms with Crippen molar-refractivity contribution in [1.82, 2.24) is 9.88 Å². The normalized spacial score (nSPS) is 20.0. The van der Waals surface area contributed by atoms with Crippen LogP contribution in [-0.4, -0.2) is 33.5 Å². The maximum atomic E-state index is 11.9.